The quantitative estimate of drug-likeness (QED) is 0.695. The fraction of sp³-hybridized carbons (Fsp3) is 0.0625. The van der Waals surface area contributed by atoms with Gasteiger partial charge in [0.15, 0.2) is 0 Å². The van der Waals surface area contributed by atoms with Crippen LogP contribution in [-0.2, 0) is 4.79 Å². The van der Waals surface area contributed by atoms with E-state index in [0.717, 1.165) is 5.65 Å². The molecule has 2 aromatic heterocycles. The van der Waals surface area contributed by atoms with Crippen molar-refractivity contribution in [2.24, 2.45) is 0 Å². The Hall–Kier alpha value is -3.35. The third kappa shape index (κ3) is 3.65. The van der Waals surface area contributed by atoms with Crippen LogP contribution in [0.25, 0.3) is 5.65 Å². The highest BCUT2D eigenvalue weighted by atomic mass is 16.2. The molecule has 0 aliphatic carbocycles. The van der Waals surface area contributed by atoms with Crippen LogP contribution in [-0.4, -0.2) is 21.3 Å². The van der Waals surface area contributed by atoms with Crippen molar-refractivity contribution in [3.05, 3.63) is 55.0 Å². The number of anilines is 3. The molecule has 3 N–H and O–H groups in total. The largest absolute Gasteiger partial charge is 0.326 e. The van der Waals surface area contributed by atoms with Gasteiger partial charge in [0, 0.05) is 36.9 Å². The molecule has 0 aliphatic heterocycles. The normalized spacial score (nSPS) is 10.3. The molecule has 0 saturated carbocycles. The fourth-order valence-electron chi connectivity index (χ4n) is 2.13. The van der Waals surface area contributed by atoms with Gasteiger partial charge in [-0.15, -0.1) is 0 Å². The molecule has 0 aliphatic rings. The smallest absolute Gasteiger partial charge is 0.323 e. The summed E-state index contributed by atoms with van der Waals surface area (Å²) in [5.74, 6) is -0.140. The number of urea groups is 1. The van der Waals surface area contributed by atoms with Crippen LogP contribution in [0.1, 0.15) is 6.92 Å². The van der Waals surface area contributed by atoms with Crippen molar-refractivity contribution < 1.29 is 9.59 Å². The van der Waals surface area contributed by atoms with Gasteiger partial charge in [-0.05, 0) is 36.4 Å². The van der Waals surface area contributed by atoms with Gasteiger partial charge < -0.3 is 20.4 Å². The van der Waals surface area contributed by atoms with E-state index in [4.69, 9.17) is 0 Å². The number of fused-ring (bicyclic) bond motifs is 1. The van der Waals surface area contributed by atoms with Crippen LogP contribution in [0.5, 0.6) is 0 Å². The average molecular weight is 309 g/mol. The number of carbonyl (C=O) groups excluding carboxylic acids is 2. The Morgan fingerprint density at radius 3 is 2.22 bits per heavy atom. The molecule has 3 rings (SSSR count). The van der Waals surface area contributed by atoms with Crippen LogP contribution in [0, 0.1) is 0 Å². The zero-order valence-electron chi connectivity index (χ0n) is 12.4. The van der Waals surface area contributed by atoms with Crippen LogP contribution < -0.4 is 16.0 Å². The van der Waals surface area contributed by atoms with Gasteiger partial charge in [0.2, 0.25) is 5.91 Å². The van der Waals surface area contributed by atoms with E-state index in [0.29, 0.717) is 17.1 Å². The molecule has 1 aromatic carbocycles. The maximum Gasteiger partial charge on any atom is 0.323 e. The Morgan fingerprint density at radius 1 is 0.913 bits per heavy atom. The highest BCUT2D eigenvalue weighted by Gasteiger charge is 2.04. The third-order valence-corrected chi connectivity index (χ3v) is 3.11. The maximum absolute atomic E-state index is 12.0. The molecule has 3 amide bonds. The Labute approximate surface area is 132 Å². The minimum absolute atomic E-state index is 0.140. The summed E-state index contributed by atoms with van der Waals surface area (Å²) < 4.78 is 1.82. The molecule has 0 radical (unpaired) electrons. The molecule has 2 heterocycles. The van der Waals surface area contributed by atoms with Crippen LogP contribution >= 0.6 is 0 Å². The van der Waals surface area contributed by atoms with E-state index in [-0.39, 0.29) is 11.9 Å². The predicted octanol–water partition coefficient (Wildman–Crippen LogP) is 2.94. The van der Waals surface area contributed by atoms with Crippen molar-refractivity contribution in [2.75, 3.05) is 16.0 Å². The number of hydrogen-bond donors (Lipinski definition) is 3. The number of hydrogen-bond acceptors (Lipinski definition) is 3. The second kappa shape index (κ2) is 6.18. The number of benzene rings is 1. The monoisotopic (exact) mass is 309 g/mol. The summed E-state index contributed by atoms with van der Waals surface area (Å²) in [6, 6.07) is 10.1. The lowest BCUT2D eigenvalue weighted by atomic mass is 10.3. The molecule has 7 nitrogen and oxygen atoms in total. The molecule has 0 saturated heterocycles. The van der Waals surface area contributed by atoms with E-state index in [1.165, 1.54) is 6.92 Å². The SMILES string of the molecule is CC(=O)Nc1ccc(NC(=O)Nc2ccc3nccn3c2)cc1. The summed E-state index contributed by atoms with van der Waals surface area (Å²) in [5.41, 5.74) is 2.77. The molecule has 0 atom stereocenters. The first-order valence-electron chi connectivity index (χ1n) is 6.98. The van der Waals surface area contributed by atoms with Gasteiger partial charge in [-0.1, -0.05) is 0 Å². The van der Waals surface area contributed by atoms with E-state index in [9.17, 15) is 9.59 Å². The van der Waals surface area contributed by atoms with Gasteiger partial charge in [0.1, 0.15) is 5.65 Å². The lowest BCUT2D eigenvalue weighted by Gasteiger charge is -2.09. The molecule has 7 heteroatoms. The van der Waals surface area contributed by atoms with Crippen molar-refractivity contribution in [3.63, 3.8) is 0 Å². The molecule has 0 unspecified atom stereocenters. The van der Waals surface area contributed by atoms with Crippen molar-refractivity contribution in [2.45, 2.75) is 6.92 Å². The summed E-state index contributed by atoms with van der Waals surface area (Å²) in [4.78, 5) is 27.1. The highest BCUT2D eigenvalue weighted by molar-refractivity contribution is 6.00. The van der Waals surface area contributed by atoms with E-state index in [1.807, 2.05) is 10.5 Å². The van der Waals surface area contributed by atoms with Gasteiger partial charge >= 0.3 is 6.03 Å². The van der Waals surface area contributed by atoms with E-state index >= 15 is 0 Å². The van der Waals surface area contributed by atoms with Gasteiger partial charge in [0.05, 0.1) is 5.69 Å². The average Bonchev–Trinajstić information content (AvgIpc) is 2.96. The summed E-state index contributed by atoms with van der Waals surface area (Å²) in [7, 11) is 0. The van der Waals surface area contributed by atoms with Gasteiger partial charge in [0.25, 0.3) is 0 Å². The number of amides is 3. The molecule has 116 valence electrons. The van der Waals surface area contributed by atoms with Crippen molar-refractivity contribution in [3.8, 4) is 0 Å². The minimum Gasteiger partial charge on any atom is -0.326 e. The number of imidazole rings is 1. The maximum atomic E-state index is 12.0. The number of rotatable bonds is 3. The van der Waals surface area contributed by atoms with E-state index in [1.54, 1.807) is 48.9 Å². The lowest BCUT2D eigenvalue weighted by molar-refractivity contribution is -0.114. The van der Waals surface area contributed by atoms with Crippen molar-refractivity contribution in [1.29, 1.82) is 0 Å². The Balaban J connectivity index is 1.63. The zero-order valence-corrected chi connectivity index (χ0v) is 12.4. The van der Waals surface area contributed by atoms with Crippen LogP contribution in [0.2, 0.25) is 0 Å². The highest BCUT2D eigenvalue weighted by Crippen LogP contribution is 2.14. The molecule has 0 bridgehead atoms. The van der Waals surface area contributed by atoms with E-state index in [2.05, 4.69) is 20.9 Å². The predicted molar refractivity (Wildman–Crippen MR) is 88.6 cm³/mol. The number of pyridine rings is 1. The van der Waals surface area contributed by atoms with Gasteiger partial charge in [-0.25, -0.2) is 9.78 Å². The van der Waals surface area contributed by atoms with E-state index < -0.39 is 0 Å². The molecular formula is C16H15N5O2. The summed E-state index contributed by atoms with van der Waals surface area (Å²) in [6.07, 6.45) is 5.27. The lowest BCUT2D eigenvalue weighted by Crippen LogP contribution is -2.19. The van der Waals surface area contributed by atoms with Crippen molar-refractivity contribution >= 4 is 34.6 Å². The second-order valence-electron chi connectivity index (χ2n) is 4.95. The first-order chi connectivity index (χ1) is 11.1. The van der Waals surface area contributed by atoms with Crippen LogP contribution in [0.15, 0.2) is 55.0 Å². The molecule has 0 spiro atoms. The number of aromatic nitrogens is 2. The molecule has 0 fully saturated rings. The Morgan fingerprint density at radius 2 is 1.52 bits per heavy atom. The van der Waals surface area contributed by atoms with Gasteiger partial charge in [-0.3, -0.25) is 4.79 Å². The summed E-state index contributed by atoms with van der Waals surface area (Å²) >= 11 is 0. The molecule has 23 heavy (non-hydrogen) atoms. The third-order valence-electron chi connectivity index (χ3n) is 3.11. The van der Waals surface area contributed by atoms with Gasteiger partial charge in [-0.2, -0.15) is 0 Å². The van der Waals surface area contributed by atoms with Crippen molar-refractivity contribution in [1.82, 2.24) is 9.38 Å². The number of carbonyl (C=O) groups is 2. The molecule has 3 aromatic rings. The summed E-state index contributed by atoms with van der Waals surface area (Å²) in [5, 5.41) is 8.14. The fourth-order valence-corrected chi connectivity index (χ4v) is 2.13. The standard InChI is InChI=1S/C16H15N5O2/c1-11(22)18-12-2-4-13(5-3-12)19-16(23)20-14-6-7-15-17-8-9-21(15)10-14/h2-10H,1H3,(H,18,22)(H2,19,20,23). The second-order valence-corrected chi connectivity index (χ2v) is 4.95. The Bertz CT molecular complexity index is 854. The Kier molecular flexibility index (Phi) is 3.92. The molecular weight excluding hydrogens is 294 g/mol. The summed E-state index contributed by atoms with van der Waals surface area (Å²) in [6.45, 7) is 1.44. The first-order valence-corrected chi connectivity index (χ1v) is 6.98. The number of nitrogens with zero attached hydrogens (tertiary/aromatic N) is 2. The topological polar surface area (TPSA) is 87.5 Å². The zero-order chi connectivity index (χ0) is 16.2. The first kappa shape index (κ1) is 14.6. The van der Waals surface area contributed by atoms with Crippen LogP contribution in [0.3, 0.4) is 0 Å². The number of nitrogens with one attached hydrogen (secondary N) is 3. The minimum atomic E-state index is -0.350. The van der Waals surface area contributed by atoms with Crippen LogP contribution in [0.4, 0.5) is 21.9 Å².